The quantitative estimate of drug-likeness (QED) is 0.823. The lowest BCUT2D eigenvalue weighted by atomic mass is 10.1. The zero-order valence-corrected chi connectivity index (χ0v) is 13.8. The van der Waals surface area contributed by atoms with E-state index in [4.69, 9.17) is 4.74 Å². The van der Waals surface area contributed by atoms with Crippen LogP contribution in [0, 0.1) is 0 Å². The van der Waals surface area contributed by atoms with Gasteiger partial charge >= 0.3 is 0 Å². The van der Waals surface area contributed by atoms with Gasteiger partial charge in [0.2, 0.25) is 10.0 Å². The Balaban J connectivity index is 2.57. The molecule has 0 aromatic heterocycles. The van der Waals surface area contributed by atoms with E-state index in [-0.39, 0.29) is 24.5 Å². The standard InChI is InChI=1S/C13H20BrNO3S/c1-10(2)18-7-8-19(16,17)15-11(3)12-5-4-6-13(14)9-12/h4-6,9-11,15H,7-8H2,1-3H3. The van der Waals surface area contributed by atoms with Crippen LogP contribution < -0.4 is 4.72 Å². The molecule has 1 unspecified atom stereocenters. The summed E-state index contributed by atoms with van der Waals surface area (Å²) in [4.78, 5) is 0. The fourth-order valence-electron chi connectivity index (χ4n) is 1.57. The largest absolute Gasteiger partial charge is 0.378 e. The van der Waals surface area contributed by atoms with Crippen molar-refractivity contribution in [3.05, 3.63) is 34.3 Å². The second-order valence-electron chi connectivity index (χ2n) is 4.63. The second kappa shape index (κ2) is 7.38. The smallest absolute Gasteiger partial charge is 0.214 e. The minimum absolute atomic E-state index is 0.0243. The highest BCUT2D eigenvalue weighted by Gasteiger charge is 2.16. The summed E-state index contributed by atoms with van der Waals surface area (Å²) in [5.41, 5.74) is 0.919. The molecule has 1 aromatic carbocycles. The van der Waals surface area contributed by atoms with Crippen LogP contribution in [-0.4, -0.2) is 26.9 Å². The van der Waals surface area contributed by atoms with Crippen molar-refractivity contribution >= 4 is 26.0 Å². The maximum absolute atomic E-state index is 11.9. The van der Waals surface area contributed by atoms with Gasteiger partial charge in [0, 0.05) is 10.5 Å². The maximum atomic E-state index is 11.9. The van der Waals surface area contributed by atoms with Gasteiger partial charge in [-0.05, 0) is 38.5 Å². The van der Waals surface area contributed by atoms with Gasteiger partial charge in [-0.3, -0.25) is 0 Å². The molecule has 0 bridgehead atoms. The van der Waals surface area contributed by atoms with E-state index in [1.54, 1.807) is 0 Å². The molecule has 0 saturated carbocycles. The van der Waals surface area contributed by atoms with Crippen LogP contribution in [0.3, 0.4) is 0 Å². The summed E-state index contributed by atoms with van der Waals surface area (Å²) in [7, 11) is -3.33. The highest BCUT2D eigenvalue weighted by Crippen LogP contribution is 2.18. The van der Waals surface area contributed by atoms with Crippen molar-refractivity contribution in [2.75, 3.05) is 12.4 Å². The fraction of sp³-hybridized carbons (Fsp3) is 0.538. The van der Waals surface area contributed by atoms with Crippen molar-refractivity contribution in [2.24, 2.45) is 0 Å². The molecule has 4 nitrogen and oxygen atoms in total. The summed E-state index contributed by atoms with van der Waals surface area (Å²) in [6, 6.07) is 7.31. The number of rotatable bonds is 7. The molecule has 1 aromatic rings. The summed E-state index contributed by atoms with van der Waals surface area (Å²) in [5.74, 6) is -0.0243. The van der Waals surface area contributed by atoms with E-state index in [0.717, 1.165) is 10.0 Å². The molecule has 6 heteroatoms. The lowest BCUT2D eigenvalue weighted by Crippen LogP contribution is -2.31. The fourth-order valence-corrected chi connectivity index (χ4v) is 3.09. The average molecular weight is 350 g/mol. The molecule has 108 valence electrons. The molecule has 0 aliphatic rings. The van der Waals surface area contributed by atoms with E-state index in [9.17, 15) is 8.42 Å². The maximum Gasteiger partial charge on any atom is 0.214 e. The van der Waals surface area contributed by atoms with Crippen molar-refractivity contribution < 1.29 is 13.2 Å². The van der Waals surface area contributed by atoms with E-state index in [0.29, 0.717) is 0 Å². The molecule has 0 radical (unpaired) electrons. The molecule has 1 N–H and O–H groups in total. The molecule has 0 amide bonds. The van der Waals surface area contributed by atoms with Gasteiger partial charge in [-0.1, -0.05) is 28.1 Å². The second-order valence-corrected chi connectivity index (χ2v) is 7.42. The summed E-state index contributed by atoms with van der Waals surface area (Å²) in [6.45, 7) is 5.79. The molecular formula is C13H20BrNO3S. The van der Waals surface area contributed by atoms with E-state index in [1.807, 2.05) is 45.0 Å². The molecule has 0 fully saturated rings. The highest BCUT2D eigenvalue weighted by atomic mass is 79.9. The Hall–Kier alpha value is -0.430. The Morgan fingerprint density at radius 3 is 2.58 bits per heavy atom. The van der Waals surface area contributed by atoms with Crippen LogP contribution >= 0.6 is 15.9 Å². The third kappa shape index (κ3) is 6.51. The van der Waals surface area contributed by atoms with Gasteiger partial charge in [0.1, 0.15) is 0 Å². The van der Waals surface area contributed by atoms with Gasteiger partial charge in [0.25, 0.3) is 0 Å². The van der Waals surface area contributed by atoms with Crippen LogP contribution in [0.1, 0.15) is 32.4 Å². The summed E-state index contributed by atoms with van der Waals surface area (Å²) in [5, 5.41) is 0. The van der Waals surface area contributed by atoms with E-state index in [1.165, 1.54) is 0 Å². The highest BCUT2D eigenvalue weighted by molar-refractivity contribution is 9.10. The minimum atomic E-state index is -3.33. The van der Waals surface area contributed by atoms with Crippen molar-refractivity contribution in [1.82, 2.24) is 4.72 Å². The summed E-state index contributed by atoms with van der Waals surface area (Å²) < 4.78 is 32.6. The molecule has 1 atom stereocenters. The number of ether oxygens (including phenoxy) is 1. The normalized spacial score (nSPS) is 13.7. The molecule has 0 spiro atoms. The third-order valence-corrected chi connectivity index (χ3v) is 4.42. The summed E-state index contributed by atoms with van der Waals surface area (Å²) in [6.07, 6.45) is 0.0395. The molecule has 1 rings (SSSR count). The average Bonchev–Trinajstić information content (AvgIpc) is 2.27. The molecule has 0 aliphatic heterocycles. The topological polar surface area (TPSA) is 55.4 Å². The van der Waals surface area contributed by atoms with Crippen LogP contribution in [0.2, 0.25) is 0 Å². The first-order chi connectivity index (χ1) is 8.80. The van der Waals surface area contributed by atoms with Gasteiger partial charge in [-0.2, -0.15) is 0 Å². The van der Waals surface area contributed by atoms with E-state index >= 15 is 0 Å². The SMILES string of the molecule is CC(C)OCCS(=O)(=O)NC(C)c1cccc(Br)c1. The van der Waals surface area contributed by atoms with Gasteiger partial charge in [0.15, 0.2) is 0 Å². The number of hydrogen-bond acceptors (Lipinski definition) is 3. The number of sulfonamides is 1. The summed E-state index contributed by atoms with van der Waals surface area (Å²) >= 11 is 3.37. The van der Waals surface area contributed by atoms with E-state index < -0.39 is 10.0 Å². The zero-order chi connectivity index (χ0) is 14.5. The third-order valence-electron chi connectivity index (χ3n) is 2.51. The van der Waals surface area contributed by atoms with E-state index in [2.05, 4.69) is 20.7 Å². The number of nitrogens with one attached hydrogen (secondary N) is 1. The Labute approximate surface area is 123 Å². The lowest BCUT2D eigenvalue weighted by molar-refractivity contribution is 0.0911. The Morgan fingerprint density at radius 1 is 1.32 bits per heavy atom. The van der Waals surface area contributed by atoms with Crippen molar-refractivity contribution in [2.45, 2.75) is 32.9 Å². The van der Waals surface area contributed by atoms with Crippen LogP contribution in [0.5, 0.6) is 0 Å². The van der Waals surface area contributed by atoms with Crippen molar-refractivity contribution in [3.63, 3.8) is 0 Å². The Bertz CT molecular complexity index is 502. The Kier molecular flexibility index (Phi) is 6.46. The Morgan fingerprint density at radius 2 is 2.00 bits per heavy atom. The number of hydrogen-bond donors (Lipinski definition) is 1. The lowest BCUT2D eigenvalue weighted by Gasteiger charge is -2.15. The van der Waals surface area contributed by atoms with Crippen LogP contribution in [-0.2, 0) is 14.8 Å². The monoisotopic (exact) mass is 349 g/mol. The van der Waals surface area contributed by atoms with Gasteiger partial charge in [-0.25, -0.2) is 13.1 Å². The molecule has 0 aliphatic carbocycles. The predicted octanol–water partition coefficient (Wildman–Crippen LogP) is 2.85. The molecular weight excluding hydrogens is 330 g/mol. The van der Waals surface area contributed by atoms with Crippen LogP contribution in [0.15, 0.2) is 28.7 Å². The molecule has 0 saturated heterocycles. The molecule has 19 heavy (non-hydrogen) atoms. The predicted molar refractivity (Wildman–Crippen MR) is 80.6 cm³/mol. The first-order valence-corrected chi connectivity index (χ1v) is 8.62. The van der Waals surface area contributed by atoms with Crippen molar-refractivity contribution in [3.8, 4) is 0 Å². The first-order valence-electron chi connectivity index (χ1n) is 6.17. The van der Waals surface area contributed by atoms with Crippen LogP contribution in [0.25, 0.3) is 0 Å². The van der Waals surface area contributed by atoms with Gasteiger partial charge < -0.3 is 4.74 Å². The van der Waals surface area contributed by atoms with Crippen molar-refractivity contribution in [1.29, 1.82) is 0 Å². The van der Waals surface area contributed by atoms with Crippen LogP contribution in [0.4, 0.5) is 0 Å². The van der Waals surface area contributed by atoms with Gasteiger partial charge in [0.05, 0.1) is 18.5 Å². The number of benzene rings is 1. The van der Waals surface area contributed by atoms with Gasteiger partial charge in [-0.15, -0.1) is 0 Å². The zero-order valence-electron chi connectivity index (χ0n) is 11.4. The number of halogens is 1. The molecule has 0 heterocycles. The first kappa shape index (κ1) is 16.6. The minimum Gasteiger partial charge on any atom is -0.378 e.